The molecule has 114 valence electrons. The molecule has 0 aliphatic heterocycles. The van der Waals surface area contributed by atoms with Gasteiger partial charge >= 0.3 is 0 Å². The molecular weight excluding hydrogens is 302 g/mol. The van der Waals surface area contributed by atoms with Crippen LogP contribution in [0.4, 0.5) is 11.4 Å². The van der Waals surface area contributed by atoms with Gasteiger partial charge in [0.05, 0.1) is 10.6 Å². The predicted molar refractivity (Wildman–Crippen MR) is 87.3 cm³/mol. The summed E-state index contributed by atoms with van der Waals surface area (Å²) in [6, 6.07) is 7.15. The number of nitro groups is 1. The first kappa shape index (κ1) is 14.8. The largest absolute Gasteiger partial charge is 0.351 e. The van der Waals surface area contributed by atoms with Gasteiger partial charge in [-0.25, -0.2) is 0 Å². The third-order valence-electron chi connectivity index (χ3n) is 3.97. The van der Waals surface area contributed by atoms with Crippen LogP contribution in [-0.2, 0) is 0 Å². The fourth-order valence-corrected chi connectivity index (χ4v) is 2.99. The molecule has 1 aromatic heterocycles. The number of aliphatic imine (C=N–C) groups is 1. The van der Waals surface area contributed by atoms with Crippen LogP contribution in [0, 0.1) is 10.1 Å². The summed E-state index contributed by atoms with van der Waals surface area (Å²) in [5.41, 5.74) is 1.38. The van der Waals surface area contributed by atoms with Gasteiger partial charge in [0.2, 0.25) is 0 Å². The lowest BCUT2D eigenvalue weighted by atomic mass is 10.2. The molecule has 0 radical (unpaired) electrons. The van der Waals surface area contributed by atoms with E-state index in [1.54, 1.807) is 12.3 Å². The van der Waals surface area contributed by atoms with E-state index in [0.29, 0.717) is 11.7 Å². The van der Waals surface area contributed by atoms with Gasteiger partial charge in [-0.2, -0.15) is 0 Å². The molecule has 1 saturated carbocycles. The molecule has 1 fully saturated rings. The van der Waals surface area contributed by atoms with Gasteiger partial charge in [-0.15, -0.1) is 0 Å². The van der Waals surface area contributed by atoms with E-state index in [9.17, 15) is 10.1 Å². The molecule has 0 unspecified atom stereocenters. The van der Waals surface area contributed by atoms with Crippen molar-refractivity contribution < 1.29 is 4.92 Å². The van der Waals surface area contributed by atoms with Crippen molar-refractivity contribution in [1.29, 1.82) is 0 Å². The van der Waals surface area contributed by atoms with Gasteiger partial charge in [-0.05, 0) is 31.0 Å². The van der Waals surface area contributed by atoms with Gasteiger partial charge in [-0.3, -0.25) is 15.1 Å². The molecule has 0 amide bonds. The molecule has 22 heavy (non-hydrogen) atoms. The second kappa shape index (κ2) is 6.32. The molecule has 1 aliphatic rings. The van der Waals surface area contributed by atoms with Gasteiger partial charge in [0.15, 0.2) is 0 Å². The molecule has 0 N–H and O–H groups in total. The maximum Gasteiger partial charge on any atom is 0.290 e. The van der Waals surface area contributed by atoms with E-state index < -0.39 is 4.92 Å². The van der Waals surface area contributed by atoms with E-state index in [1.807, 2.05) is 6.07 Å². The monoisotopic (exact) mass is 317 g/mol. The van der Waals surface area contributed by atoms with Crippen LogP contribution in [0.3, 0.4) is 0 Å². The Hall–Kier alpha value is -2.14. The van der Waals surface area contributed by atoms with Crippen molar-refractivity contribution in [2.45, 2.75) is 31.7 Å². The summed E-state index contributed by atoms with van der Waals surface area (Å²) >= 11 is 5.79. The van der Waals surface area contributed by atoms with Gasteiger partial charge < -0.3 is 4.57 Å². The zero-order valence-corrected chi connectivity index (χ0v) is 12.7. The third kappa shape index (κ3) is 3.20. The minimum Gasteiger partial charge on any atom is -0.351 e. The van der Waals surface area contributed by atoms with Gasteiger partial charge in [0.25, 0.3) is 5.69 Å². The van der Waals surface area contributed by atoms with Crippen LogP contribution in [0.5, 0.6) is 0 Å². The summed E-state index contributed by atoms with van der Waals surface area (Å²) in [4.78, 5) is 14.7. The van der Waals surface area contributed by atoms with E-state index in [2.05, 4.69) is 22.0 Å². The second-order valence-electron chi connectivity index (χ2n) is 5.48. The fraction of sp³-hybridized carbons (Fsp3) is 0.312. The molecule has 3 rings (SSSR count). The Morgan fingerprint density at radius 2 is 2.09 bits per heavy atom. The van der Waals surface area contributed by atoms with Crippen LogP contribution < -0.4 is 0 Å². The summed E-state index contributed by atoms with van der Waals surface area (Å²) < 4.78 is 2.23. The molecule has 0 atom stereocenters. The predicted octanol–water partition coefficient (Wildman–Crippen LogP) is 4.92. The van der Waals surface area contributed by atoms with Crippen LogP contribution >= 0.6 is 11.6 Å². The average Bonchev–Trinajstić information content (AvgIpc) is 3.17. The Kier molecular flexibility index (Phi) is 4.24. The molecule has 1 aromatic carbocycles. The number of nitrogens with zero attached hydrogens (tertiary/aromatic N) is 3. The van der Waals surface area contributed by atoms with E-state index in [1.165, 1.54) is 37.8 Å². The summed E-state index contributed by atoms with van der Waals surface area (Å²) in [5.74, 6) is 0. The highest BCUT2D eigenvalue weighted by Crippen LogP contribution is 2.30. The number of halogens is 1. The van der Waals surface area contributed by atoms with Crippen molar-refractivity contribution in [3.8, 4) is 0 Å². The van der Waals surface area contributed by atoms with Crippen molar-refractivity contribution in [2.75, 3.05) is 0 Å². The zero-order valence-electron chi connectivity index (χ0n) is 12.0. The molecule has 1 aliphatic carbocycles. The summed E-state index contributed by atoms with van der Waals surface area (Å²) in [6.07, 6.45) is 10.9. The molecule has 0 saturated heterocycles. The van der Waals surface area contributed by atoms with Crippen LogP contribution in [0.1, 0.15) is 37.3 Å². The first-order chi connectivity index (χ1) is 10.6. The zero-order chi connectivity index (χ0) is 15.5. The smallest absolute Gasteiger partial charge is 0.290 e. The van der Waals surface area contributed by atoms with Crippen molar-refractivity contribution in [3.05, 3.63) is 57.4 Å². The lowest BCUT2D eigenvalue weighted by Crippen LogP contribution is -2.00. The normalized spacial score (nSPS) is 15.7. The van der Waals surface area contributed by atoms with Crippen LogP contribution in [0.15, 0.2) is 41.7 Å². The fourth-order valence-electron chi connectivity index (χ4n) is 2.81. The van der Waals surface area contributed by atoms with Crippen LogP contribution in [0.2, 0.25) is 5.02 Å². The Balaban J connectivity index is 1.76. The molecule has 0 bridgehead atoms. The number of rotatable bonds is 4. The SMILES string of the molecule is O=[N+]([O-])c1cc(N=Cc2ccn(C3CCCC3)c2)ccc1Cl. The average molecular weight is 318 g/mol. The first-order valence-electron chi connectivity index (χ1n) is 7.29. The van der Waals surface area contributed by atoms with Crippen molar-refractivity contribution in [3.63, 3.8) is 0 Å². The van der Waals surface area contributed by atoms with Crippen LogP contribution in [-0.4, -0.2) is 15.7 Å². The second-order valence-corrected chi connectivity index (χ2v) is 5.89. The Morgan fingerprint density at radius 3 is 2.82 bits per heavy atom. The third-order valence-corrected chi connectivity index (χ3v) is 4.29. The molecule has 2 aromatic rings. The minimum atomic E-state index is -0.502. The van der Waals surface area contributed by atoms with E-state index in [4.69, 9.17) is 11.6 Å². The van der Waals surface area contributed by atoms with E-state index in [-0.39, 0.29) is 10.7 Å². The van der Waals surface area contributed by atoms with Crippen LogP contribution in [0.25, 0.3) is 0 Å². The molecule has 0 spiro atoms. The number of benzene rings is 1. The standard InChI is InChI=1S/C16H16ClN3O2/c17-15-6-5-13(9-16(15)20(21)22)18-10-12-7-8-19(11-12)14-3-1-2-4-14/h5-11,14H,1-4H2. The summed E-state index contributed by atoms with van der Waals surface area (Å²) in [7, 11) is 0. The molecule has 6 heteroatoms. The highest BCUT2D eigenvalue weighted by Gasteiger charge is 2.16. The number of hydrogen-bond acceptors (Lipinski definition) is 3. The highest BCUT2D eigenvalue weighted by atomic mass is 35.5. The lowest BCUT2D eigenvalue weighted by Gasteiger charge is -2.10. The van der Waals surface area contributed by atoms with Gasteiger partial charge in [0, 0.05) is 36.3 Å². The Labute approximate surface area is 133 Å². The highest BCUT2D eigenvalue weighted by molar-refractivity contribution is 6.32. The van der Waals surface area contributed by atoms with Gasteiger partial charge in [-0.1, -0.05) is 24.4 Å². The molecule has 1 heterocycles. The Bertz CT molecular complexity index is 718. The Morgan fingerprint density at radius 1 is 1.32 bits per heavy atom. The number of aromatic nitrogens is 1. The number of hydrogen-bond donors (Lipinski definition) is 0. The number of nitro benzene ring substituents is 1. The lowest BCUT2D eigenvalue weighted by molar-refractivity contribution is -0.384. The molecule has 5 nitrogen and oxygen atoms in total. The van der Waals surface area contributed by atoms with Crippen molar-refractivity contribution in [2.24, 2.45) is 4.99 Å². The van der Waals surface area contributed by atoms with E-state index >= 15 is 0 Å². The van der Waals surface area contributed by atoms with Gasteiger partial charge in [0.1, 0.15) is 5.02 Å². The quantitative estimate of drug-likeness (QED) is 0.456. The summed E-state index contributed by atoms with van der Waals surface area (Å²) in [5, 5.41) is 11.0. The maximum absolute atomic E-state index is 10.9. The first-order valence-corrected chi connectivity index (χ1v) is 7.67. The maximum atomic E-state index is 10.9. The minimum absolute atomic E-state index is 0.122. The van der Waals surface area contributed by atoms with Crippen molar-refractivity contribution >= 4 is 29.2 Å². The summed E-state index contributed by atoms with van der Waals surface area (Å²) in [6.45, 7) is 0. The van der Waals surface area contributed by atoms with Crippen molar-refractivity contribution in [1.82, 2.24) is 4.57 Å². The molecular formula is C16H16ClN3O2. The van der Waals surface area contributed by atoms with E-state index in [0.717, 1.165) is 5.56 Å². The topological polar surface area (TPSA) is 60.4 Å².